The van der Waals surface area contributed by atoms with Crippen molar-refractivity contribution < 1.29 is 4.39 Å². The number of anilines is 1. The fourth-order valence-electron chi connectivity index (χ4n) is 1.48. The molecule has 0 heterocycles. The Morgan fingerprint density at radius 2 is 1.32 bits per heavy atom. The van der Waals surface area contributed by atoms with Crippen molar-refractivity contribution in [3.63, 3.8) is 0 Å². The van der Waals surface area contributed by atoms with E-state index in [0.717, 1.165) is 16.8 Å². The van der Waals surface area contributed by atoms with Crippen molar-refractivity contribution in [2.75, 3.05) is 12.4 Å². The Morgan fingerprint density at radius 1 is 0.842 bits per heavy atom. The molecule has 0 aliphatic rings. The summed E-state index contributed by atoms with van der Waals surface area (Å²) in [7, 11) is 1.87. The third-order valence-corrected chi connectivity index (χ3v) is 2.55. The molecule has 19 heavy (non-hydrogen) atoms. The molecule has 0 aliphatic carbocycles. The first-order valence-corrected chi connectivity index (χ1v) is 5.88. The lowest BCUT2D eigenvalue weighted by atomic mass is 10.2. The first kappa shape index (κ1) is 13.0. The van der Waals surface area contributed by atoms with Crippen LogP contribution in [0.25, 0.3) is 0 Å². The van der Waals surface area contributed by atoms with Crippen LogP contribution in [0.3, 0.4) is 0 Å². The van der Waals surface area contributed by atoms with Crippen LogP contribution in [0.5, 0.6) is 0 Å². The van der Waals surface area contributed by atoms with Gasteiger partial charge in [-0.05, 0) is 35.4 Å². The highest BCUT2D eigenvalue weighted by Crippen LogP contribution is 2.06. The van der Waals surface area contributed by atoms with Gasteiger partial charge in [0.15, 0.2) is 0 Å². The third-order valence-electron chi connectivity index (χ3n) is 2.55. The van der Waals surface area contributed by atoms with E-state index in [-0.39, 0.29) is 5.82 Å². The molecule has 2 aromatic rings. The Balaban J connectivity index is 1.96. The summed E-state index contributed by atoms with van der Waals surface area (Å²) in [6.45, 7) is 0. The molecule has 1 N–H and O–H groups in total. The maximum Gasteiger partial charge on any atom is 0.123 e. The van der Waals surface area contributed by atoms with Gasteiger partial charge in [0, 0.05) is 12.7 Å². The lowest BCUT2D eigenvalue weighted by Crippen LogP contribution is -1.88. The molecule has 2 aromatic carbocycles. The van der Waals surface area contributed by atoms with E-state index in [2.05, 4.69) is 15.5 Å². The van der Waals surface area contributed by atoms with E-state index < -0.39 is 0 Å². The second kappa shape index (κ2) is 6.44. The molecule has 0 unspecified atom stereocenters. The summed E-state index contributed by atoms with van der Waals surface area (Å²) in [6, 6.07) is 13.9. The number of hydrogen-bond acceptors (Lipinski definition) is 3. The standard InChI is InChI=1S/C15H14FN3/c1-17-15-8-4-13(5-9-15)11-19-18-10-12-2-6-14(16)7-3-12/h2-11,17H,1H3/b18-10+,19-11+. The largest absolute Gasteiger partial charge is 0.388 e. The van der Waals surface area contributed by atoms with Crippen molar-refractivity contribution >= 4 is 18.1 Å². The van der Waals surface area contributed by atoms with Crippen LogP contribution in [-0.4, -0.2) is 19.5 Å². The molecular formula is C15H14FN3. The van der Waals surface area contributed by atoms with Gasteiger partial charge < -0.3 is 5.32 Å². The van der Waals surface area contributed by atoms with Crippen molar-refractivity contribution in [2.24, 2.45) is 10.2 Å². The van der Waals surface area contributed by atoms with Gasteiger partial charge in [-0.25, -0.2) is 4.39 Å². The number of nitrogens with zero attached hydrogens (tertiary/aromatic N) is 2. The van der Waals surface area contributed by atoms with Crippen LogP contribution in [0.1, 0.15) is 11.1 Å². The molecule has 0 radical (unpaired) electrons. The number of halogens is 1. The maximum absolute atomic E-state index is 12.7. The molecule has 0 saturated carbocycles. The highest BCUT2D eigenvalue weighted by atomic mass is 19.1. The number of benzene rings is 2. The Hall–Kier alpha value is -2.49. The topological polar surface area (TPSA) is 36.8 Å². The average molecular weight is 255 g/mol. The van der Waals surface area contributed by atoms with E-state index in [1.807, 2.05) is 31.3 Å². The second-order valence-electron chi connectivity index (χ2n) is 3.91. The molecule has 96 valence electrons. The molecule has 0 spiro atoms. The molecule has 0 aliphatic heterocycles. The zero-order valence-corrected chi connectivity index (χ0v) is 10.5. The van der Waals surface area contributed by atoms with Crippen LogP contribution in [-0.2, 0) is 0 Å². The molecule has 0 amide bonds. The van der Waals surface area contributed by atoms with E-state index in [9.17, 15) is 4.39 Å². The lowest BCUT2D eigenvalue weighted by molar-refractivity contribution is 0.628. The minimum absolute atomic E-state index is 0.259. The Morgan fingerprint density at radius 3 is 1.79 bits per heavy atom. The zero-order valence-electron chi connectivity index (χ0n) is 10.5. The van der Waals surface area contributed by atoms with Gasteiger partial charge in [0.1, 0.15) is 5.82 Å². The molecule has 4 heteroatoms. The summed E-state index contributed by atoms with van der Waals surface area (Å²) in [5.74, 6) is -0.259. The van der Waals surface area contributed by atoms with Gasteiger partial charge in [-0.2, -0.15) is 10.2 Å². The molecule has 3 nitrogen and oxygen atoms in total. The summed E-state index contributed by atoms with van der Waals surface area (Å²) in [6.07, 6.45) is 3.25. The van der Waals surface area contributed by atoms with Gasteiger partial charge in [0.25, 0.3) is 0 Å². The van der Waals surface area contributed by atoms with E-state index >= 15 is 0 Å². The first-order chi connectivity index (χ1) is 9.28. The highest BCUT2D eigenvalue weighted by Gasteiger charge is 1.90. The molecule has 0 atom stereocenters. The molecular weight excluding hydrogens is 241 g/mol. The molecule has 0 fully saturated rings. The van der Waals surface area contributed by atoms with E-state index in [4.69, 9.17) is 0 Å². The van der Waals surface area contributed by atoms with Crippen LogP contribution in [0, 0.1) is 5.82 Å². The highest BCUT2D eigenvalue weighted by molar-refractivity contribution is 5.82. The van der Waals surface area contributed by atoms with Gasteiger partial charge in [0.2, 0.25) is 0 Å². The fraction of sp³-hybridized carbons (Fsp3) is 0.0667. The Labute approximate surface area is 111 Å². The summed E-state index contributed by atoms with van der Waals surface area (Å²) >= 11 is 0. The summed E-state index contributed by atoms with van der Waals surface area (Å²) in [5, 5.41) is 10.9. The summed E-state index contributed by atoms with van der Waals surface area (Å²) < 4.78 is 12.7. The third kappa shape index (κ3) is 4.03. The van der Waals surface area contributed by atoms with Gasteiger partial charge in [-0.1, -0.05) is 24.3 Å². The van der Waals surface area contributed by atoms with Crippen LogP contribution in [0.2, 0.25) is 0 Å². The van der Waals surface area contributed by atoms with E-state index in [1.54, 1.807) is 24.6 Å². The van der Waals surface area contributed by atoms with Crippen molar-refractivity contribution in [2.45, 2.75) is 0 Å². The van der Waals surface area contributed by atoms with Crippen LogP contribution in [0.4, 0.5) is 10.1 Å². The van der Waals surface area contributed by atoms with Crippen LogP contribution in [0.15, 0.2) is 58.7 Å². The van der Waals surface area contributed by atoms with Gasteiger partial charge in [-0.15, -0.1) is 0 Å². The lowest BCUT2D eigenvalue weighted by Gasteiger charge is -1.98. The SMILES string of the molecule is CNc1ccc(/C=N/N=C/c2ccc(F)cc2)cc1. The minimum atomic E-state index is -0.259. The Bertz CT molecular complexity index is 571. The Kier molecular flexibility index (Phi) is 4.39. The predicted molar refractivity (Wildman–Crippen MR) is 77.6 cm³/mol. The normalized spacial score (nSPS) is 11.3. The zero-order chi connectivity index (χ0) is 13.5. The summed E-state index contributed by atoms with van der Waals surface area (Å²) in [5.41, 5.74) is 2.83. The minimum Gasteiger partial charge on any atom is -0.388 e. The monoisotopic (exact) mass is 255 g/mol. The number of hydrogen-bond donors (Lipinski definition) is 1. The molecule has 2 rings (SSSR count). The fourth-order valence-corrected chi connectivity index (χ4v) is 1.48. The number of rotatable bonds is 4. The smallest absolute Gasteiger partial charge is 0.123 e. The van der Waals surface area contributed by atoms with Crippen LogP contribution >= 0.6 is 0 Å². The molecule has 0 saturated heterocycles. The average Bonchev–Trinajstić information content (AvgIpc) is 2.46. The maximum atomic E-state index is 12.7. The summed E-state index contributed by atoms with van der Waals surface area (Å²) in [4.78, 5) is 0. The first-order valence-electron chi connectivity index (χ1n) is 5.88. The second-order valence-corrected chi connectivity index (χ2v) is 3.91. The van der Waals surface area contributed by atoms with Crippen LogP contribution < -0.4 is 5.32 Å². The quantitative estimate of drug-likeness (QED) is 0.660. The van der Waals surface area contributed by atoms with Gasteiger partial charge in [0.05, 0.1) is 12.4 Å². The predicted octanol–water partition coefficient (Wildman–Crippen LogP) is 3.32. The van der Waals surface area contributed by atoms with Crippen molar-refractivity contribution in [1.82, 2.24) is 0 Å². The van der Waals surface area contributed by atoms with Gasteiger partial charge >= 0.3 is 0 Å². The van der Waals surface area contributed by atoms with E-state index in [0.29, 0.717) is 0 Å². The number of nitrogens with one attached hydrogen (secondary N) is 1. The van der Waals surface area contributed by atoms with E-state index in [1.165, 1.54) is 12.1 Å². The van der Waals surface area contributed by atoms with Crippen molar-refractivity contribution in [3.05, 3.63) is 65.5 Å². The van der Waals surface area contributed by atoms with Crippen molar-refractivity contribution in [1.29, 1.82) is 0 Å². The van der Waals surface area contributed by atoms with Gasteiger partial charge in [-0.3, -0.25) is 0 Å². The molecule has 0 bridgehead atoms. The molecule has 0 aromatic heterocycles. The van der Waals surface area contributed by atoms with Crippen molar-refractivity contribution in [3.8, 4) is 0 Å².